The molecule has 1 heterocycles. The Balaban J connectivity index is 2.03. The molecule has 1 aromatic rings. The molecule has 0 spiro atoms. The van der Waals surface area contributed by atoms with E-state index in [2.05, 4.69) is 10.2 Å². The number of nitrogens with zero attached hydrogens (tertiary/aromatic N) is 1. The summed E-state index contributed by atoms with van der Waals surface area (Å²) in [5.41, 5.74) is 0.0960. The van der Waals surface area contributed by atoms with E-state index in [9.17, 15) is 5.11 Å². The van der Waals surface area contributed by atoms with Gasteiger partial charge in [0.2, 0.25) is 0 Å². The van der Waals surface area contributed by atoms with E-state index in [0.717, 1.165) is 38.2 Å². The summed E-state index contributed by atoms with van der Waals surface area (Å²) in [7, 11) is 0. The Morgan fingerprint density at radius 3 is 2.72 bits per heavy atom. The number of halogens is 1. The van der Waals surface area contributed by atoms with Crippen molar-refractivity contribution in [2.24, 2.45) is 0 Å². The van der Waals surface area contributed by atoms with Crippen LogP contribution < -0.4 is 5.32 Å². The van der Waals surface area contributed by atoms with Gasteiger partial charge >= 0.3 is 0 Å². The number of β-amino-alcohol motifs (C(OH)–C–C–N with tert-alkyl or cyclic N) is 1. The van der Waals surface area contributed by atoms with E-state index in [1.807, 2.05) is 31.2 Å². The van der Waals surface area contributed by atoms with Gasteiger partial charge in [0.05, 0.1) is 5.60 Å². The summed E-state index contributed by atoms with van der Waals surface area (Å²) in [6, 6.07) is 7.46. The lowest BCUT2D eigenvalue weighted by Gasteiger charge is -2.31. The summed E-state index contributed by atoms with van der Waals surface area (Å²) >= 11 is 5.87. The standard InChI is InChI=1S/C14H21ClN2O/c1-14(18,12-3-5-13(15)6-4-12)11-17-9-2-7-16-8-10-17/h3-6,16,18H,2,7-11H2,1H3. The van der Waals surface area contributed by atoms with Gasteiger partial charge < -0.3 is 10.4 Å². The SMILES string of the molecule is CC(O)(CN1CCCNCC1)c1ccc(Cl)cc1. The summed E-state index contributed by atoms with van der Waals surface area (Å²) in [5.74, 6) is 0. The lowest BCUT2D eigenvalue weighted by atomic mass is 9.95. The van der Waals surface area contributed by atoms with Gasteiger partial charge in [-0.05, 0) is 44.1 Å². The van der Waals surface area contributed by atoms with Crippen LogP contribution in [0.25, 0.3) is 0 Å². The van der Waals surface area contributed by atoms with Crippen molar-refractivity contribution in [3.8, 4) is 0 Å². The first kappa shape index (κ1) is 13.8. The number of aliphatic hydroxyl groups is 1. The van der Waals surface area contributed by atoms with Gasteiger partial charge in [0, 0.05) is 24.7 Å². The zero-order valence-electron chi connectivity index (χ0n) is 10.8. The first-order valence-corrected chi connectivity index (χ1v) is 6.87. The Labute approximate surface area is 114 Å². The molecule has 0 amide bonds. The van der Waals surface area contributed by atoms with Crippen molar-refractivity contribution >= 4 is 11.6 Å². The molecular formula is C14H21ClN2O. The highest BCUT2D eigenvalue weighted by molar-refractivity contribution is 6.30. The molecule has 0 radical (unpaired) electrons. The molecule has 18 heavy (non-hydrogen) atoms. The Kier molecular flexibility index (Phi) is 4.62. The highest BCUT2D eigenvalue weighted by atomic mass is 35.5. The van der Waals surface area contributed by atoms with Crippen LogP contribution in [0.4, 0.5) is 0 Å². The summed E-state index contributed by atoms with van der Waals surface area (Å²) in [4.78, 5) is 2.31. The van der Waals surface area contributed by atoms with Crippen molar-refractivity contribution in [2.75, 3.05) is 32.7 Å². The zero-order chi connectivity index (χ0) is 13.0. The molecule has 1 aliphatic heterocycles. The molecule has 0 aliphatic carbocycles. The highest BCUT2D eigenvalue weighted by Gasteiger charge is 2.26. The fraction of sp³-hybridized carbons (Fsp3) is 0.571. The van der Waals surface area contributed by atoms with Crippen molar-refractivity contribution in [1.29, 1.82) is 0 Å². The van der Waals surface area contributed by atoms with Gasteiger partial charge in [0.25, 0.3) is 0 Å². The zero-order valence-corrected chi connectivity index (χ0v) is 11.6. The van der Waals surface area contributed by atoms with Crippen molar-refractivity contribution in [1.82, 2.24) is 10.2 Å². The second-order valence-electron chi connectivity index (χ2n) is 5.16. The summed E-state index contributed by atoms with van der Waals surface area (Å²) in [6.07, 6.45) is 1.14. The predicted octanol–water partition coefficient (Wildman–Crippen LogP) is 1.84. The third kappa shape index (κ3) is 3.69. The third-order valence-electron chi connectivity index (χ3n) is 3.43. The van der Waals surface area contributed by atoms with Gasteiger partial charge in [-0.2, -0.15) is 0 Å². The van der Waals surface area contributed by atoms with Gasteiger partial charge in [-0.1, -0.05) is 23.7 Å². The van der Waals surface area contributed by atoms with E-state index in [4.69, 9.17) is 11.6 Å². The van der Waals surface area contributed by atoms with E-state index in [1.54, 1.807) is 0 Å². The molecular weight excluding hydrogens is 248 g/mol. The molecule has 1 unspecified atom stereocenters. The Morgan fingerprint density at radius 2 is 2.00 bits per heavy atom. The molecule has 2 N–H and O–H groups in total. The molecule has 1 aliphatic rings. The van der Waals surface area contributed by atoms with Crippen LogP contribution in [-0.2, 0) is 5.60 Å². The van der Waals surface area contributed by atoms with E-state index >= 15 is 0 Å². The van der Waals surface area contributed by atoms with Gasteiger partial charge in [-0.15, -0.1) is 0 Å². The highest BCUT2D eigenvalue weighted by Crippen LogP contribution is 2.23. The molecule has 100 valence electrons. The lowest BCUT2D eigenvalue weighted by molar-refractivity contribution is 0.0177. The van der Waals surface area contributed by atoms with Crippen LogP contribution in [0.5, 0.6) is 0 Å². The van der Waals surface area contributed by atoms with Crippen LogP contribution in [-0.4, -0.2) is 42.7 Å². The van der Waals surface area contributed by atoms with Gasteiger partial charge in [0.1, 0.15) is 0 Å². The smallest absolute Gasteiger partial charge is 0.0994 e. The van der Waals surface area contributed by atoms with Crippen LogP contribution in [0, 0.1) is 0 Å². The van der Waals surface area contributed by atoms with E-state index < -0.39 is 5.60 Å². The molecule has 1 atom stereocenters. The van der Waals surface area contributed by atoms with E-state index in [-0.39, 0.29) is 0 Å². The average Bonchev–Trinajstić information content (AvgIpc) is 2.57. The Hall–Kier alpha value is -0.610. The topological polar surface area (TPSA) is 35.5 Å². The summed E-state index contributed by atoms with van der Waals surface area (Å²) < 4.78 is 0. The first-order valence-electron chi connectivity index (χ1n) is 6.49. The maximum absolute atomic E-state index is 10.6. The first-order chi connectivity index (χ1) is 8.58. The minimum atomic E-state index is -0.824. The molecule has 3 nitrogen and oxygen atoms in total. The van der Waals surface area contributed by atoms with Gasteiger partial charge in [-0.3, -0.25) is 4.90 Å². The van der Waals surface area contributed by atoms with Crippen LogP contribution in [0.1, 0.15) is 18.9 Å². The molecule has 4 heteroatoms. The van der Waals surface area contributed by atoms with E-state index in [1.165, 1.54) is 0 Å². The van der Waals surface area contributed by atoms with Crippen LogP contribution >= 0.6 is 11.6 Å². The molecule has 0 aromatic heterocycles. The number of hydrogen-bond donors (Lipinski definition) is 2. The summed E-state index contributed by atoms with van der Waals surface area (Å²) in [6.45, 7) is 6.63. The van der Waals surface area contributed by atoms with Gasteiger partial charge in [-0.25, -0.2) is 0 Å². The second-order valence-corrected chi connectivity index (χ2v) is 5.60. The minimum absolute atomic E-state index is 0.663. The molecule has 1 fully saturated rings. The number of nitrogens with one attached hydrogen (secondary N) is 1. The monoisotopic (exact) mass is 268 g/mol. The summed E-state index contributed by atoms with van der Waals surface area (Å²) in [5, 5.41) is 14.7. The fourth-order valence-corrected chi connectivity index (χ4v) is 2.52. The van der Waals surface area contributed by atoms with Crippen molar-refractivity contribution in [3.05, 3.63) is 34.9 Å². The Bertz CT molecular complexity index is 370. The van der Waals surface area contributed by atoms with Crippen LogP contribution in [0.2, 0.25) is 5.02 Å². The van der Waals surface area contributed by atoms with E-state index in [0.29, 0.717) is 11.6 Å². The van der Waals surface area contributed by atoms with Crippen molar-refractivity contribution in [2.45, 2.75) is 18.9 Å². The maximum atomic E-state index is 10.6. The molecule has 0 saturated carbocycles. The second kappa shape index (κ2) is 6.02. The number of rotatable bonds is 3. The normalized spacial score (nSPS) is 21.3. The average molecular weight is 269 g/mol. The van der Waals surface area contributed by atoms with Crippen LogP contribution in [0.3, 0.4) is 0 Å². The largest absolute Gasteiger partial charge is 0.384 e. The maximum Gasteiger partial charge on any atom is 0.0994 e. The predicted molar refractivity (Wildman–Crippen MR) is 74.9 cm³/mol. The number of benzene rings is 1. The minimum Gasteiger partial charge on any atom is -0.384 e. The van der Waals surface area contributed by atoms with Crippen molar-refractivity contribution in [3.63, 3.8) is 0 Å². The molecule has 1 aromatic carbocycles. The third-order valence-corrected chi connectivity index (χ3v) is 3.68. The molecule has 2 rings (SSSR count). The Morgan fingerprint density at radius 1 is 1.28 bits per heavy atom. The van der Waals surface area contributed by atoms with Gasteiger partial charge in [0.15, 0.2) is 0 Å². The molecule has 1 saturated heterocycles. The number of hydrogen-bond acceptors (Lipinski definition) is 3. The fourth-order valence-electron chi connectivity index (χ4n) is 2.40. The van der Waals surface area contributed by atoms with Crippen molar-refractivity contribution < 1.29 is 5.11 Å². The lowest BCUT2D eigenvalue weighted by Crippen LogP contribution is -2.40. The molecule has 0 bridgehead atoms. The van der Waals surface area contributed by atoms with Crippen LogP contribution in [0.15, 0.2) is 24.3 Å². The quantitative estimate of drug-likeness (QED) is 0.878.